The van der Waals surface area contributed by atoms with Gasteiger partial charge in [-0.05, 0) is 101 Å². The average molecular weight is 520 g/mol. The standard InChI is InChI=1S/C28H45N3O4S/c1-20-14-27(35-5)15-21(2)28(20)36(33,34)30(4)12-11-26(32)16-22-6-8-25(9-7-22)31-13-10-23-17-29(3)18-24(23)19-31/h14-15,22-25H,6-13,16-19H2,1-5H3. The molecule has 0 radical (unpaired) electrons. The third-order valence-electron chi connectivity index (χ3n) is 8.91. The van der Waals surface area contributed by atoms with Crippen LogP contribution in [0.4, 0.5) is 0 Å². The number of benzene rings is 1. The maximum absolute atomic E-state index is 13.2. The lowest BCUT2D eigenvalue weighted by molar-refractivity contribution is -0.120. The number of rotatable bonds is 9. The highest BCUT2D eigenvalue weighted by atomic mass is 32.2. The molecule has 36 heavy (non-hydrogen) atoms. The van der Waals surface area contributed by atoms with Crippen LogP contribution >= 0.6 is 0 Å². The van der Waals surface area contributed by atoms with E-state index in [1.165, 1.54) is 49.7 Å². The average Bonchev–Trinajstić information content (AvgIpc) is 3.21. The minimum absolute atomic E-state index is 0.179. The highest BCUT2D eigenvalue weighted by Gasteiger charge is 2.38. The van der Waals surface area contributed by atoms with Crippen molar-refractivity contribution in [3.05, 3.63) is 23.3 Å². The fourth-order valence-corrected chi connectivity index (χ4v) is 8.47. The lowest BCUT2D eigenvalue weighted by Gasteiger charge is -2.42. The number of hydrogen-bond acceptors (Lipinski definition) is 6. The molecule has 2 saturated heterocycles. The van der Waals surface area contributed by atoms with Crippen LogP contribution in [0, 0.1) is 31.6 Å². The van der Waals surface area contributed by atoms with Gasteiger partial charge in [-0.2, -0.15) is 0 Å². The van der Waals surface area contributed by atoms with Crippen molar-refractivity contribution in [2.24, 2.45) is 17.8 Å². The molecule has 4 rings (SSSR count). The van der Waals surface area contributed by atoms with Gasteiger partial charge in [-0.25, -0.2) is 12.7 Å². The fourth-order valence-electron chi connectivity index (χ4n) is 6.89. The summed E-state index contributed by atoms with van der Waals surface area (Å²) < 4.78 is 33.0. The van der Waals surface area contributed by atoms with Crippen molar-refractivity contribution in [1.29, 1.82) is 0 Å². The van der Waals surface area contributed by atoms with Crippen LogP contribution in [-0.2, 0) is 14.8 Å². The molecule has 1 aromatic carbocycles. The van der Waals surface area contributed by atoms with Crippen LogP contribution in [0.15, 0.2) is 17.0 Å². The molecule has 202 valence electrons. The zero-order valence-electron chi connectivity index (χ0n) is 22.8. The lowest BCUT2D eigenvalue weighted by atomic mass is 9.80. The summed E-state index contributed by atoms with van der Waals surface area (Å²) >= 11 is 0. The molecular weight excluding hydrogens is 474 g/mol. The molecule has 3 fully saturated rings. The van der Waals surface area contributed by atoms with Crippen molar-refractivity contribution in [3.63, 3.8) is 0 Å². The summed E-state index contributed by atoms with van der Waals surface area (Å²) in [4.78, 5) is 18.3. The van der Waals surface area contributed by atoms with Gasteiger partial charge in [0.15, 0.2) is 0 Å². The van der Waals surface area contributed by atoms with E-state index in [4.69, 9.17) is 4.74 Å². The second-order valence-corrected chi connectivity index (χ2v) is 13.6. The van der Waals surface area contributed by atoms with E-state index in [-0.39, 0.29) is 18.7 Å². The second-order valence-electron chi connectivity index (χ2n) is 11.6. The van der Waals surface area contributed by atoms with Crippen LogP contribution in [0.5, 0.6) is 5.75 Å². The van der Waals surface area contributed by atoms with Crippen molar-refractivity contribution < 1.29 is 17.9 Å². The van der Waals surface area contributed by atoms with Crippen molar-refractivity contribution in [2.75, 3.05) is 53.9 Å². The number of fused-ring (bicyclic) bond motifs is 1. The van der Waals surface area contributed by atoms with Crippen LogP contribution in [0.3, 0.4) is 0 Å². The largest absolute Gasteiger partial charge is 0.497 e. The number of piperidine rings is 1. The summed E-state index contributed by atoms with van der Waals surface area (Å²) in [5.74, 6) is 2.99. The number of methoxy groups -OCH3 is 1. The van der Waals surface area contributed by atoms with Gasteiger partial charge in [0.2, 0.25) is 10.0 Å². The number of ether oxygens (including phenoxy) is 1. The Morgan fingerprint density at radius 3 is 2.31 bits per heavy atom. The first-order valence-electron chi connectivity index (χ1n) is 13.6. The third-order valence-corrected chi connectivity index (χ3v) is 11.1. The summed E-state index contributed by atoms with van der Waals surface area (Å²) in [7, 11) is 1.73. The molecule has 1 aromatic rings. The molecule has 7 nitrogen and oxygen atoms in total. The van der Waals surface area contributed by atoms with E-state index in [1.54, 1.807) is 40.1 Å². The van der Waals surface area contributed by atoms with Gasteiger partial charge < -0.3 is 14.5 Å². The number of aryl methyl sites for hydroxylation is 2. The molecule has 2 unspecified atom stereocenters. The molecule has 0 N–H and O–H groups in total. The summed E-state index contributed by atoms with van der Waals surface area (Å²) in [5.41, 5.74) is 1.32. The molecular formula is C28H45N3O4S. The molecule has 1 saturated carbocycles. The zero-order chi connectivity index (χ0) is 26.0. The number of carbonyl (C=O) groups excluding carboxylic acids is 1. The van der Waals surface area contributed by atoms with Crippen molar-refractivity contribution in [3.8, 4) is 5.75 Å². The molecule has 2 heterocycles. The van der Waals surface area contributed by atoms with Gasteiger partial charge in [0.25, 0.3) is 0 Å². The molecule has 0 bridgehead atoms. The summed E-state index contributed by atoms with van der Waals surface area (Å²) in [6.07, 6.45) is 6.78. The Hall–Kier alpha value is -1.48. The van der Waals surface area contributed by atoms with Crippen molar-refractivity contribution in [2.45, 2.75) is 69.7 Å². The van der Waals surface area contributed by atoms with Crippen LogP contribution in [-0.4, -0.2) is 88.3 Å². The van der Waals surface area contributed by atoms with Gasteiger partial charge in [0.1, 0.15) is 11.5 Å². The lowest BCUT2D eigenvalue weighted by Crippen LogP contribution is -2.47. The van der Waals surface area contributed by atoms with E-state index in [1.807, 2.05) is 0 Å². The van der Waals surface area contributed by atoms with Crippen LogP contribution in [0.1, 0.15) is 56.1 Å². The maximum Gasteiger partial charge on any atom is 0.243 e. The van der Waals surface area contributed by atoms with E-state index in [9.17, 15) is 13.2 Å². The summed E-state index contributed by atoms with van der Waals surface area (Å²) in [6.45, 7) is 8.77. The number of hydrogen-bond donors (Lipinski definition) is 0. The number of nitrogens with zero attached hydrogens (tertiary/aromatic N) is 3. The van der Waals surface area contributed by atoms with E-state index >= 15 is 0 Å². The molecule has 2 atom stereocenters. The number of sulfonamides is 1. The van der Waals surface area contributed by atoms with E-state index in [0.717, 1.165) is 24.7 Å². The van der Waals surface area contributed by atoms with Gasteiger partial charge >= 0.3 is 0 Å². The van der Waals surface area contributed by atoms with Crippen LogP contribution < -0.4 is 4.74 Å². The quantitative estimate of drug-likeness (QED) is 0.495. The van der Waals surface area contributed by atoms with Gasteiger partial charge in [-0.3, -0.25) is 4.79 Å². The molecule has 0 aromatic heterocycles. The van der Waals surface area contributed by atoms with Gasteiger partial charge in [-0.15, -0.1) is 0 Å². The first-order chi connectivity index (χ1) is 17.1. The smallest absolute Gasteiger partial charge is 0.243 e. The number of Topliss-reactive ketones (excluding diaryl/α,β-unsaturated/α-hetero) is 1. The SMILES string of the molecule is COc1cc(C)c(S(=O)(=O)N(C)CCC(=O)CC2CCC(N3CCC4CN(C)CC4C3)CC2)c(C)c1. The number of ketones is 1. The Morgan fingerprint density at radius 1 is 1.03 bits per heavy atom. The summed E-state index contributed by atoms with van der Waals surface area (Å²) in [6, 6.07) is 4.16. The normalized spacial score (nSPS) is 27.8. The monoisotopic (exact) mass is 519 g/mol. The van der Waals surface area contributed by atoms with Crippen LogP contribution in [0.2, 0.25) is 0 Å². The Labute approximate surface area is 218 Å². The van der Waals surface area contributed by atoms with Crippen molar-refractivity contribution in [1.82, 2.24) is 14.1 Å². The second kappa shape index (κ2) is 11.5. The number of carbonyl (C=O) groups is 1. The predicted molar refractivity (Wildman–Crippen MR) is 143 cm³/mol. The Kier molecular flexibility index (Phi) is 8.80. The highest BCUT2D eigenvalue weighted by Crippen LogP contribution is 2.36. The topological polar surface area (TPSA) is 70.2 Å². The first kappa shape index (κ1) is 27.6. The Bertz CT molecular complexity index is 1010. The molecule has 1 aliphatic carbocycles. The van der Waals surface area contributed by atoms with Gasteiger partial charge in [0, 0.05) is 52.1 Å². The van der Waals surface area contributed by atoms with Gasteiger partial charge in [-0.1, -0.05) is 0 Å². The molecule has 3 aliphatic rings. The molecule has 0 spiro atoms. The summed E-state index contributed by atoms with van der Waals surface area (Å²) in [5, 5.41) is 0. The van der Waals surface area contributed by atoms with Crippen molar-refractivity contribution >= 4 is 15.8 Å². The predicted octanol–water partition coefficient (Wildman–Crippen LogP) is 3.72. The molecule has 2 aliphatic heterocycles. The zero-order valence-corrected chi connectivity index (χ0v) is 23.6. The minimum Gasteiger partial charge on any atom is -0.497 e. The fraction of sp³-hybridized carbons (Fsp3) is 0.750. The van der Waals surface area contributed by atoms with E-state index in [0.29, 0.717) is 40.2 Å². The maximum atomic E-state index is 13.2. The third kappa shape index (κ3) is 6.14. The van der Waals surface area contributed by atoms with E-state index in [2.05, 4.69) is 16.8 Å². The Balaban J connectivity index is 1.22. The molecule has 8 heteroatoms. The highest BCUT2D eigenvalue weighted by molar-refractivity contribution is 7.89. The van der Waals surface area contributed by atoms with E-state index < -0.39 is 10.0 Å². The van der Waals surface area contributed by atoms with Gasteiger partial charge in [0.05, 0.1) is 12.0 Å². The Morgan fingerprint density at radius 2 is 1.67 bits per heavy atom. The number of likely N-dealkylation sites (tertiary alicyclic amines) is 2. The van der Waals surface area contributed by atoms with Crippen LogP contribution in [0.25, 0.3) is 0 Å². The minimum atomic E-state index is -3.67. The molecule has 0 amide bonds. The first-order valence-corrected chi connectivity index (χ1v) is 15.1.